The summed E-state index contributed by atoms with van der Waals surface area (Å²) in [5.41, 5.74) is 5.76. The maximum Gasteiger partial charge on any atom is 0.325 e. The maximum absolute atomic E-state index is 12.1. The van der Waals surface area contributed by atoms with E-state index < -0.39 is 0 Å². The van der Waals surface area contributed by atoms with Gasteiger partial charge in [-0.15, -0.1) is 11.3 Å². The van der Waals surface area contributed by atoms with E-state index in [9.17, 15) is 4.79 Å². The van der Waals surface area contributed by atoms with Gasteiger partial charge in [-0.2, -0.15) is 0 Å². The molecule has 5 nitrogen and oxygen atoms in total. The van der Waals surface area contributed by atoms with Gasteiger partial charge < -0.3 is 5.32 Å². The lowest BCUT2D eigenvalue weighted by Crippen LogP contribution is -2.30. The highest BCUT2D eigenvalue weighted by atomic mass is 32.1. The van der Waals surface area contributed by atoms with Crippen LogP contribution < -0.4 is 10.6 Å². The lowest BCUT2D eigenvalue weighted by molar-refractivity contribution is 0.243. The largest absolute Gasteiger partial charge is 0.325 e. The second kappa shape index (κ2) is 7.90. The number of anilines is 2. The van der Waals surface area contributed by atoms with Gasteiger partial charge in [0, 0.05) is 30.7 Å². The molecule has 0 bridgehead atoms. The van der Waals surface area contributed by atoms with Crippen LogP contribution >= 0.6 is 11.3 Å². The van der Waals surface area contributed by atoms with Crippen molar-refractivity contribution in [2.45, 2.75) is 26.4 Å². The van der Waals surface area contributed by atoms with Crippen LogP contribution in [0.2, 0.25) is 0 Å². The molecular formula is C21H22N4OS. The number of hydrogen-bond acceptors (Lipinski definition) is 4. The Hall–Kier alpha value is -2.70. The molecule has 0 fully saturated rings. The molecule has 0 saturated carbocycles. The van der Waals surface area contributed by atoms with Gasteiger partial charge in [0.1, 0.15) is 0 Å². The Morgan fingerprint density at radius 3 is 2.70 bits per heavy atom. The fraction of sp³-hybridized carbons (Fsp3) is 0.238. The summed E-state index contributed by atoms with van der Waals surface area (Å²) in [7, 11) is 0. The van der Waals surface area contributed by atoms with Crippen LogP contribution in [0.5, 0.6) is 0 Å². The molecule has 0 saturated heterocycles. The zero-order valence-corrected chi connectivity index (χ0v) is 16.1. The first-order valence-corrected chi connectivity index (χ1v) is 9.92. The van der Waals surface area contributed by atoms with Gasteiger partial charge in [0.25, 0.3) is 0 Å². The highest BCUT2D eigenvalue weighted by molar-refractivity contribution is 7.13. The molecule has 0 spiro atoms. The number of rotatable bonds is 4. The van der Waals surface area contributed by atoms with E-state index in [1.807, 2.05) is 36.6 Å². The molecule has 2 aromatic carbocycles. The van der Waals surface area contributed by atoms with Crippen LogP contribution in [0.15, 0.2) is 53.9 Å². The summed E-state index contributed by atoms with van der Waals surface area (Å²) in [6.45, 7) is 4.80. The van der Waals surface area contributed by atoms with E-state index in [4.69, 9.17) is 0 Å². The van der Waals surface area contributed by atoms with Crippen molar-refractivity contribution in [3.8, 4) is 0 Å². The first-order valence-electron chi connectivity index (χ1n) is 9.04. The van der Waals surface area contributed by atoms with Crippen LogP contribution in [0.3, 0.4) is 0 Å². The number of urea groups is 1. The summed E-state index contributed by atoms with van der Waals surface area (Å²) in [5, 5.41) is 8.28. The number of carbonyl (C=O) groups is 1. The summed E-state index contributed by atoms with van der Waals surface area (Å²) >= 11 is 1.46. The molecule has 1 aliphatic rings. The minimum Gasteiger partial charge on any atom is -0.308 e. The van der Waals surface area contributed by atoms with Crippen molar-refractivity contribution in [2.24, 2.45) is 0 Å². The van der Waals surface area contributed by atoms with E-state index in [1.54, 1.807) is 0 Å². The van der Waals surface area contributed by atoms with E-state index in [0.717, 1.165) is 43.0 Å². The van der Waals surface area contributed by atoms with Gasteiger partial charge in [0.15, 0.2) is 5.13 Å². The van der Waals surface area contributed by atoms with Gasteiger partial charge >= 0.3 is 6.03 Å². The van der Waals surface area contributed by atoms with Crippen LogP contribution in [-0.2, 0) is 19.5 Å². The number of thiazole rings is 1. The van der Waals surface area contributed by atoms with Crippen molar-refractivity contribution in [3.05, 3.63) is 76.3 Å². The number of hydrogen-bond donors (Lipinski definition) is 2. The van der Waals surface area contributed by atoms with Crippen LogP contribution in [0, 0.1) is 6.92 Å². The van der Waals surface area contributed by atoms with Gasteiger partial charge in [0.2, 0.25) is 0 Å². The number of benzene rings is 2. The summed E-state index contributed by atoms with van der Waals surface area (Å²) in [6, 6.07) is 16.0. The Morgan fingerprint density at radius 2 is 1.89 bits per heavy atom. The standard InChI is InChI=1S/C21H22N4OS/c1-15-6-8-18(9-7-15)22-20(26)24-21-23-19(14-27-21)13-25-11-10-16-4-2-3-5-17(16)12-25/h2-9,14H,10-13H2,1H3,(H2,22,23,24,26). The molecule has 3 aromatic rings. The number of nitrogens with one attached hydrogen (secondary N) is 2. The Bertz CT molecular complexity index is 935. The fourth-order valence-corrected chi connectivity index (χ4v) is 3.95. The highest BCUT2D eigenvalue weighted by Gasteiger charge is 2.17. The topological polar surface area (TPSA) is 57.3 Å². The number of aromatic nitrogens is 1. The molecule has 6 heteroatoms. The molecule has 4 rings (SSSR count). The van der Waals surface area contributed by atoms with Crippen LogP contribution in [-0.4, -0.2) is 22.5 Å². The molecule has 0 unspecified atom stereocenters. The number of aryl methyl sites for hydroxylation is 1. The van der Waals surface area contributed by atoms with Gasteiger partial charge in [-0.1, -0.05) is 42.0 Å². The quantitative estimate of drug-likeness (QED) is 0.694. The monoisotopic (exact) mass is 378 g/mol. The van der Waals surface area contributed by atoms with Crippen molar-refractivity contribution in [1.29, 1.82) is 0 Å². The van der Waals surface area contributed by atoms with Gasteiger partial charge in [-0.3, -0.25) is 10.2 Å². The average Bonchev–Trinajstić information content (AvgIpc) is 3.10. The van der Waals surface area contributed by atoms with E-state index in [1.165, 1.54) is 22.5 Å². The predicted molar refractivity (Wildman–Crippen MR) is 110 cm³/mol. The molecule has 0 radical (unpaired) electrons. The number of nitrogens with zero attached hydrogens (tertiary/aromatic N) is 2. The van der Waals surface area contributed by atoms with Gasteiger partial charge in [0.05, 0.1) is 5.69 Å². The van der Waals surface area contributed by atoms with Crippen LogP contribution in [0.1, 0.15) is 22.4 Å². The molecule has 2 amide bonds. The fourth-order valence-electron chi connectivity index (χ4n) is 3.25. The summed E-state index contributed by atoms with van der Waals surface area (Å²) < 4.78 is 0. The predicted octanol–water partition coefficient (Wildman–Crippen LogP) is 4.65. The molecule has 2 N–H and O–H groups in total. The molecule has 1 aromatic heterocycles. The highest BCUT2D eigenvalue weighted by Crippen LogP contribution is 2.22. The molecule has 27 heavy (non-hydrogen) atoms. The normalized spacial score (nSPS) is 13.8. The second-order valence-corrected chi connectivity index (χ2v) is 7.68. The molecule has 0 aliphatic carbocycles. The molecule has 1 aliphatic heterocycles. The van der Waals surface area contributed by atoms with Crippen molar-refractivity contribution in [1.82, 2.24) is 9.88 Å². The zero-order chi connectivity index (χ0) is 18.6. The van der Waals surface area contributed by atoms with E-state index in [2.05, 4.69) is 44.8 Å². The first kappa shape index (κ1) is 17.7. The van der Waals surface area contributed by atoms with Crippen molar-refractivity contribution >= 4 is 28.2 Å². The minimum atomic E-state index is -0.272. The Kier molecular flexibility index (Phi) is 5.18. The number of amides is 2. The summed E-state index contributed by atoms with van der Waals surface area (Å²) in [6.07, 6.45) is 1.07. The molecular weight excluding hydrogens is 356 g/mol. The van der Waals surface area contributed by atoms with Crippen molar-refractivity contribution in [3.63, 3.8) is 0 Å². The smallest absolute Gasteiger partial charge is 0.308 e. The minimum absolute atomic E-state index is 0.272. The average molecular weight is 379 g/mol. The maximum atomic E-state index is 12.1. The van der Waals surface area contributed by atoms with Crippen LogP contribution in [0.25, 0.3) is 0 Å². The van der Waals surface area contributed by atoms with E-state index in [-0.39, 0.29) is 6.03 Å². The Labute approximate surface area is 163 Å². The number of fused-ring (bicyclic) bond motifs is 1. The summed E-state index contributed by atoms with van der Waals surface area (Å²) in [4.78, 5) is 19.1. The third-order valence-electron chi connectivity index (χ3n) is 4.68. The molecule has 0 atom stereocenters. The molecule has 2 heterocycles. The lowest BCUT2D eigenvalue weighted by atomic mass is 10.00. The Morgan fingerprint density at radius 1 is 1.11 bits per heavy atom. The zero-order valence-electron chi connectivity index (χ0n) is 15.2. The lowest BCUT2D eigenvalue weighted by Gasteiger charge is -2.27. The van der Waals surface area contributed by atoms with Crippen LogP contribution in [0.4, 0.5) is 15.6 Å². The molecule has 138 valence electrons. The third kappa shape index (κ3) is 4.53. The first-order chi connectivity index (χ1) is 13.2. The third-order valence-corrected chi connectivity index (χ3v) is 5.48. The SMILES string of the molecule is Cc1ccc(NC(=O)Nc2nc(CN3CCc4ccccc4C3)cs2)cc1. The van der Waals surface area contributed by atoms with E-state index >= 15 is 0 Å². The Balaban J connectivity index is 1.32. The number of carbonyl (C=O) groups excluding carboxylic acids is 1. The van der Waals surface area contributed by atoms with Crippen molar-refractivity contribution < 1.29 is 4.79 Å². The van der Waals surface area contributed by atoms with Gasteiger partial charge in [-0.05, 0) is 36.6 Å². The summed E-state index contributed by atoms with van der Waals surface area (Å²) in [5.74, 6) is 0. The second-order valence-electron chi connectivity index (χ2n) is 6.82. The van der Waals surface area contributed by atoms with Crippen molar-refractivity contribution in [2.75, 3.05) is 17.2 Å². The van der Waals surface area contributed by atoms with E-state index in [0.29, 0.717) is 5.13 Å². The van der Waals surface area contributed by atoms with Gasteiger partial charge in [-0.25, -0.2) is 9.78 Å².